The molecule has 0 aliphatic carbocycles. The van der Waals surface area contributed by atoms with Gasteiger partial charge in [0.15, 0.2) is 0 Å². The Morgan fingerprint density at radius 1 is 1.33 bits per heavy atom. The summed E-state index contributed by atoms with van der Waals surface area (Å²) in [4.78, 5) is 10.6. The third-order valence-corrected chi connectivity index (χ3v) is 6.78. The third-order valence-electron chi connectivity index (χ3n) is 2.45. The number of carboxylic acid groups (broad SMARTS) is 1. The first-order chi connectivity index (χ1) is 9.78. The molecule has 0 atom stereocenters. The van der Waals surface area contributed by atoms with Crippen molar-refractivity contribution in [3.8, 4) is 0 Å². The van der Waals surface area contributed by atoms with Crippen LogP contribution >= 0.6 is 38.9 Å². The molecule has 112 valence electrons. The van der Waals surface area contributed by atoms with Crippen molar-refractivity contribution in [1.29, 1.82) is 0 Å². The lowest BCUT2D eigenvalue weighted by molar-refractivity contribution is -0.136. The number of halogens is 2. The fourth-order valence-electron chi connectivity index (χ4n) is 1.53. The van der Waals surface area contributed by atoms with Gasteiger partial charge in [-0.2, -0.15) is 0 Å². The molecule has 0 aliphatic heterocycles. The van der Waals surface area contributed by atoms with E-state index in [0.717, 1.165) is 11.3 Å². The fraction of sp³-hybridized carbons (Fsp3) is 0.0833. The minimum absolute atomic E-state index is 0.0917. The fourth-order valence-corrected chi connectivity index (χ4v) is 4.99. The molecule has 2 N–H and O–H groups in total. The molecule has 0 saturated heterocycles. The minimum atomic E-state index is -3.71. The number of rotatable bonds is 5. The predicted molar refractivity (Wildman–Crippen MR) is 85.6 cm³/mol. The monoisotopic (exact) mass is 409 g/mol. The van der Waals surface area contributed by atoms with Crippen LogP contribution < -0.4 is 4.72 Å². The Kier molecular flexibility index (Phi) is 4.92. The smallest absolute Gasteiger partial charge is 0.307 e. The Bertz CT molecular complexity index is 752. The largest absolute Gasteiger partial charge is 0.481 e. The highest BCUT2D eigenvalue weighted by atomic mass is 79.9. The zero-order valence-electron chi connectivity index (χ0n) is 10.3. The summed E-state index contributed by atoms with van der Waals surface area (Å²) < 4.78 is 27.4. The molecule has 0 spiro atoms. The van der Waals surface area contributed by atoms with Gasteiger partial charge in [0, 0.05) is 5.69 Å². The maximum Gasteiger partial charge on any atom is 0.307 e. The van der Waals surface area contributed by atoms with Crippen LogP contribution in [0.3, 0.4) is 0 Å². The third kappa shape index (κ3) is 4.19. The van der Waals surface area contributed by atoms with Crippen molar-refractivity contribution in [2.24, 2.45) is 0 Å². The molecule has 1 heterocycles. The molecular formula is C12H9BrClNO4S2. The van der Waals surface area contributed by atoms with Crippen LogP contribution in [0.5, 0.6) is 0 Å². The van der Waals surface area contributed by atoms with Crippen LogP contribution in [0.1, 0.15) is 5.56 Å². The van der Waals surface area contributed by atoms with Gasteiger partial charge < -0.3 is 5.11 Å². The van der Waals surface area contributed by atoms with Gasteiger partial charge in [-0.3, -0.25) is 9.52 Å². The Morgan fingerprint density at radius 3 is 2.43 bits per heavy atom. The highest BCUT2D eigenvalue weighted by molar-refractivity contribution is 9.11. The highest BCUT2D eigenvalue weighted by Crippen LogP contribution is 2.35. The van der Waals surface area contributed by atoms with Gasteiger partial charge in [0.1, 0.15) is 4.21 Å². The Balaban J connectivity index is 2.18. The van der Waals surface area contributed by atoms with Gasteiger partial charge in [-0.25, -0.2) is 8.42 Å². The summed E-state index contributed by atoms with van der Waals surface area (Å²) >= 11 is 10.00. The van der Waals surface area contributed by atoms with Gasteiger partial charge in [-0.15, -0.1) is 11.3 Å². The number of sulfonamides is 1. The van der Waals surface area contributed by atoms with Crippen LogP contribution in [0.4, 0.5) is 5.69 Å². The lowest BCUT2D eigenvalue weighted by Gasteiger charge is -2.06. The summed E-state index contributed by atoms with van der Waals surface area (Å²) in [6.45, 7) is 0. The zero-order valence-corrected chi connectivity index (χ0v) is 14.3. The summed E-state index contributed by atoms with van der Waals surface area (Å²) in [5.41, 5.74) is 0.942. The van der Waals surface area contributed by atoms with Gasteiger partial charge in [0.25, 0.3) is 10.0 Å². The lowest BCUT2D eigenvalue weighted by atomic mass is 10.1. The van der Waals surface area contributed by atoms with E-state index in [2.05, 4.69) is 20.7 Å². The Morgan fingerprint density at radius 2 is 1.95 bits per heavy atom. The van der Waals surface area contributed by atoms with Crippen molar-refractivity contribution in [3.63, 3.8) is 0 Å². The van der Waals surface area contributed by atoms with Crippen LogP contribution in [0.25, 0.3) is 0 Å². The molecule has 0 unspecified atom stereocenters. The number of carbonyl (C=O) groups is 1. The van der Waals surface area contributed by atoms with Gasteiger partial charge in [0.05, 0.1) is 15.2 Å². The number of benzene rings is 1. The lowest BCUT2D eigenvalue weighted by Crippen LogP contribution is -2.11. The van der Waals surface area contributed by atoms with Crippen molar-refractivity contribution in [2.45, 2.75) is 10.6 Å². The molecule has 0 fully saturated rings. The van der Waals surface area contributed by atoms with Crippen molar-refractivity contribution in [3.05, 3.63) is 44.7 Å². The average molecular weight is 411 g/mol. The maximum absolute atomic E-state index is 12.2. The number of anilines is 1. The van der Waals surface area contributed by atoms with Gasteiger partial charge in [0.2, 0.25) is 0 Å². The normalized spacial score (nSPS) is 11.3. The average Bonchev–Trinajstić information content (AvgIpc) is 2.72. The van der Waals surface area contributed by atoms with Crippen molar-refractivity contribution < 1.29 is 18.3 Å². The van der Waals surface area contributed by atoms with Crippen LogP contribution in [-0.4, -0.2) is 19.5 Å². The van der Waals surface area contributed by atoms with E-state index >= 15 is 0 Å². The molecule has 1 aromatic carbocycles. The van der Waals surface area contributed by atoms with Crippen LogP contribution in [0, 0.1) is 0 Å². The van der Waals surface area contributed by atoms with E-state index in [0.29, 0.717) is 20.1 Å². The molecule has 2 rings (SSSR count). The molecule has 21 heavy (non-hydrogen) atoms. The van der Waals surface area contributed by atoms with E-state index in [1.165, 1.54) is 18.2 Å². The number of carboxylic acids is 1. The summed E-state index contributed by atoms with van der Waals surface area (Å²) in [5.74, 6) is -0.943. The molecule has 9 heteroatoms. The summed E-state index contributed by atoms with van der Waals surface area (Å²) in [6, 6.07) is 7.50. The summed E-state index contributed by atoms with van der Waals surface area (Å²) in [6.07, 6.45) is -0.111. The van der Waals surface area contributed by atoms with Crippen LogP contribution in [-0.2, 0) is 21.2 Å². The first-order valence-electron chi connectivity index (χ1n) is 5.56. The molecular weight excluding hydrogens is 402 g/mol. The van der Waals surface area contributed by atoms with Gasteiger partial charge in [-0.1, -0.05) is 23.7 Å². The highest BCUT2D eigenvalue weighted by Gasteiger charge is 2.19. The molecule has 0 bridgehead atoms. The van der Waals surface area contributed by atoms with Crippen molar-refractivity contribution >= 4 is 60.5 Å². The summed E-state index contributed by atoms with van der Waals surface area (Å²) in [5, 5.41) is 9.00. The molecule has 0 radical (unpaired) electrons. The second kappa shape index (κ2) is 6.35. The zero-order chi connectivity index (χ0) is 15.6. The molecule has 0 saturated carbocycles. The van der Waals surface area contributed by atoms with E-state index in [1.54, 1.807) is 12.1 Å². The quantitative estimate of drug-likeness (QED) is 0.789. The minimum Gasteiger partial charge on any atom is -0.481 e. The first kappa shape index (κ1) is 16.3. The van der Waals surface area contributed by atoms with E-state index in [1.807, 2.05) is 0 Å². The van der Waals surface area contributed by atoms with Crippen LogP contribution in [0.15, 0.2) is 38.3 Å². The first-order valence-corrected chi connectivity index (χ1v) is 9.03. The number of hydrogen-bond acceptors (Lipinski definition) is 4. The molecule has 1 aromatic heterocycles. The number of thiophene rings is 1. The second-order valence-corrected chi connectivity index (χ2v) is 8.75. The van der Waals surface area contributed by atoms with Gasteiger partial charge >= 0.3 is 5.97 Å². The maximum atomic E-state index is 12.2. The Labute approximate surface area is 138 Å². The Hall–Kier alpha value is -1.09. The van der Waals surface area contributed by atoms with E-state index in [4.69, 9.17) is 16.7 Å². The van der Waals surface area contributed by atoms with Crippen molar-refractivity contribution in [1.82, 2.24) is 0 Å². The van der Waals surface area contributed by atoms with Gasteiger partial charge in [-0.05, 0) is 39.7 Å². The molecule has 2 aromatic rings. The SMILES string of the molecule is O=C(O)Cc1ccc(NS(=O)(=O)c2cc(Cl)c(Br)s2)cc1. The number of hydrogen-bond donors (Lipinski definition) is 2. The summed E-state index contributed by atoms with van der Waals surface area (Å²) in [7, 11) is -3.71. The molecule has 0 amide bonds. The standard InChI is InChI=1S/C12H9BrClNO4S2/c13-12-9(14)6-11(20-12)21(18,19)15-8-3-1-7(2-4-8)5-10(16)17/h1-4,6,15H,5H2,(H,16,17). The number of aliphatic carboxylic acids is 1. The molecule has 5 nitrogen and oxygen atoms in total. The second-order valence-electron chi connectivity index (χ2n) is 4.06. The van der Waals surface area contributed by atoms with Crippen LogP contribution in [0.2, 0.25) is 5.02 Å². The van der Waals surface area contributed by atoms with Crippen molar-refractivity contribution in [2.75, 3.05) is 4.72 Å². The number of nitrogens with one attached hydrogen (secondary N) is 1. The molecule has 0 aliphatic rings. The topological polar surface area (TPSA) is 83.5 Å². The predicted octanol–water partition coefficient (Wildman–Crippen LogP) is 3.59. The van der Waals surface area contributed by atoms with E-state index in [-0.39, 0.29) is 10.6 Å². The van der Waals surface area contributed by atoms with E-state index in [9.17, 15) is 13.2 Å². The van der Waals surface area contributed by atoms with E-state index < -0.39 is 16.0 Å².